The molecule has 0 aliphatic rings. The zero-order valence-electron chi connectivity index (χ0n) is 14.8. The molecule has 0 spiro atoms. The number of halogens is 1. The first-order chi connectivity index (χ1) is 13.2. The number of nitrogens with one attached hydrogen (secondary N) is 2. The van der Waals surface area contributed by atoms with E-state index < -0.39 is 0 Å². The van der Waals surface area contributed by atoms with Gasteiger partial charge in [0.1, 0.15) is 23.1 Å². The van der Waals surface area contributed by atoms with Gasteiger partial charge in [0, 0.05) is 18.7 Å². The molecule has 1 aromatic heterocycles. The summed E-state index contributed by atoms with van der Waals surface area (Å²) in [7, 11) is 1.60. The standard InChI is InChI=1S/C20H19FN4O2/c1-27-16-8-6-14(7-9-16)10-25-20(26)18-12-24-19(13-22-18)23-11-15-4-2-3-5-17(15)21/h2-9,12-13H,10-11H2,1H3,(H,23,24)(H,25,26). The highest BCUT2D eigenvalue weighted by atomic mass is 19.1. The molecule has 0 aliphatic heterocycles. The summed E-state index contributed by atoms with van der Waals surface area (Å²) in [5, 5.41) is 5.76. The molecular formula is C20H19FN4O2. The first-order valence-corrected chi connectivity index (χ1v) is 8.36. The maximum Gasteiger partial charge on any atom is 0.271 e. The fourth-order valence-corrected chi connectivity index (χ4v) is 2.38. The number of aromatic nitrogens is 2. The van der Waals surface area contributed by atoms with Crippen LogP contribution in [0.15, 0.2) is 60.9 Å². The molecule has 0 saturated carbocycles. The van der Waals surface area contributed by atoms with E-state index in [4.69, 9.17) is 4.74 Å². The number of benzene rings is 2. The van der Waals surface area contributed by atoms with Crippen LogP contribution in [0.5, 0.6) is 5.75 Å². The highest BCUT2D eigenvalue weighted by Crippen LogP contribution is 2.12. The summed E-state index contributed by atoms with van der Waals surface area (Å²) in [5.74, 6) is 0.617. The number of carbonyl (C=O) groups excluding carboxylic acids is 1. The second kappa shape index (κ2) is 8.75. The van der Waals surface area contributed by atoms with Crippen LogP contribution in [0.25, 0.3) is 0 Å². The van der Waals surface area contributed by atoms with Crippen LogP contribution in [-0.4, -0.2) is 23.0 Å². The van der Waals surface area contributed by atoms with E-state index in [1.165, 1.54) is 18.5 Å². The lowest BCUT2D eigenvalue weighted by atomic mass is 10.2. The molecule has 0 atom stereocenters. The van der Waals surface area contributed by atoms with Crippen LogP contribution < -0.4 is 15.4 Å². The second-order valence-corrected chi connectivity index (χ2v) is 5.76. The monoisotopic (exact) mass is 366 g/mol. The number of methoxy groups -OCH3 is 1. The molecule has 3 aromatic rings. The molecule has 3 rings (SSSR count). The number of hydrogen-bond acceptors (Lipinski definition) is 5. The Morgan fingerprint density at radius 3 is 2.48 bits per heavy atom. The van der Waals surface area contributed by atoms with Crippen LogP contribution >= 0.6 is 0 Å². The summed E-state index contributed by atoms with van der Waals surface area (Å²) in [4.78, 5) is 20.4. The minimum atomic E-state index is -0.320. The van der Waals surface area contributed by atoms with Crippen molar-refractivity contribution < 1.29 is 13.9 Å². The molecule has 0 unspecified atom stereocenters. The maximum atomic E-state index is 13.6. The molecule has 0 bridgehead atoms. The van der Waals surface area contributed by atoms with Gasteiger partial charge in [0.25, 0.3) is 5.91 Å². The summed E-state index contributed by atoms with van der Waals surface area (Å²) in [6, 6.07) is 13.9. The van der Waals surface area contributed by atoms with Gasteiger partial charge in [0.05, 0.1) is 19.5 Å². The lowest BCUT2D eigenvalue weighted by molar-refractivity contribution is 0.0945. The second-order valence-electron chi connectivity index (χ2n) is 5.76. The Kier molecular flexibility index (Phi) is 5.94. The van der Waals surface area contributed by atoms with Crippen LogP contribution in [0.4, 0.5) is 10.2 Å². The van der Waals surface area contributed by atoms with Crippen molar-refractivity contribution in [1.82, 2.24) is 15.3 Å². The SMILES string of the molecule is COc1ccc(CNC(=O)c2cnc(NCc3ccccc3F)cn2)cc1. The molecule has 0 aliphatic carbocycles. The summed E-state index contributed by atoms with van der Waals surface area (Å²) < 4.78 is 18.7. The predicted molar refractivity (Wildman–Crippen MR) is 99.9 cm³/mol. The average molecular weight is 366 g/mol. The first kappa shape index (κ1) is 18.3. The molecule has 0 radical (unpaired) electrons. The third-order valence-corrected chi connectivity index (χ3v) is 3.91. The van der Waals surface area contributed by atoms with Crippen molar-refractivity contribution >= 4 is 11.7 Å². The highest BCUT2D eigenvalue weighted by Gasteiger charge is 2.08. The van der Waals surface area contributed by atoms with E-state index in [9.17, 15) is 9.18 Å². The summed E-state index contributed by atoms with van der Waals surface area (Å²) in [6.45, 7) is 0.655. The fourth-order valence-electron chi connectivity index (χ4n) is 2.38. The summed E-state index contributed by atoms with van der Waals surface area (Å²) in [5.41, 5.74) is 1.68. The molecule has 27 heavy (non-hydrogen) atoms. The van der Waals surface area contributed by atoms with Gasteiger partial charge in [-0.1, -0.05) is 30.3 Å². The predicted octanol–water partition coefficient (Wildman–Crippen LogP) is 3.17. The molecule has 138 valence electrons. The highest BCUT2D eigenvalue weighted by molar-refractivity contribution is 5.91. The number of anilines is 1. The Bertz CT molecular complexity index is 899. The van der Waals surface area contributed by atoms with Crippen LogP contribution in [0.2, 0.25) is 0 Å². The van der Waals surface area contributed by atoms with Crippen LogP contribution in [-0.2, 0) is 13.1 Å². The van der Waals surface area contributed by atoms with Crippen molar-refractivity contribution in [2.45, 2.75) is 13.1 Å². The van der Waals surface area contributed by atoms with Gasteiger partial charge < -0.3 is 15.4 Å². The van der Waals surface area contributed by atoms with Gasteiger partial charge in [-0.3, -0.25) is 4.79 Å². The molecule has 6 nitrogen and oxygen atoms in total. The van der Waals surface area contributed by atoms with Gasteiger partial charge in [-0.25, -0.2) is 14.4 Å². The molecule has 0 fully saturated rings. The zero-order chi connectivity index (χ0) is 19.1. The van der Waals surface area contributed by atoms with E-state index >= 15 is 0 Å². The van der Waals surface area contributed by atoms with E-state index in [0.29, 0.717) is 17.9 Å². The third kappa shape index (κ3) is 5.01. The quantitative estimate of drug-likeness (QED) is 0.672. The number of amides is 1. The smallest absolute Gasteiger partial charge is 0.271 e. The van der Waals surface area contributed by atoms with Crippen LogP contribution in [0.3, 0.4) is 0 Å². The number of carbonyl (C=O) groups is 1. The Labute approximate surface area is 156 Å². The lowest BCUT2D eigenvalue weighted by Crippen LogP contribution is -2.24. The summed E-state index contributed by atoms with van der Waals surface area (Å²) >= 11 is 0. The molecule has 7 heteroatoms. The number of ether oxygens (including phenoxy) is 1. The van der Waals surface area contributed by atoms with Gasteiger partial charge in [-0.05, 0) is 23.8 Å². The van der Waals surface area contributed by atoms with Crippen LogP contribution in [0, 0.1) is 5.82 Å². The van der Waals surface area contributed by atoms with Gasteiger partial charge in [-0.2, -0.15) is 0 Å². The van der Waals surface area contributed by atoms with Crippen molar-refractivity contribution in [2.75, 3.05) is 12.4 Å². The molecular weight excluding hydrogens is 347 g/mol. The van der Waals surface area contributed by atoms with Gasteiger partial charge in [0.15, 0.2) is 0 Å². The van der Waals surface area contributed by atoms with E-state index in [1.54, 1.807) is 25.3 Å². The molecule has 2 N–H and O–H groups in total. The maximum absolute atomic E-state index is 13.6. The largest absolute Gasteiger partial charge is 0.497 e. The Morgan fingerprint density at radius 1 is 1.04 bits per heavy atom. The van der Waals surface area contributed by atoms with Crippen molar-refractivity contribution in [2.24, 2.45) is 0 Å². The average Bonchev–Trinajstić information content (AvgIpc) is 2.72. The minimum absolute atomic E-state index is 0.208. The van der Waals surface area contributed by atoms with Gasteiger partial charge >= 0.3 is 0 Å². The van der Waals surface area contributed by atoms with E-state index in [2.05, 4.69) is 20.6 Å². The van der Waals surface area contributed by atoms with E-state index in [0.717, 1.165) is 11.3 Å². The fraction of sp³-hybridized carbons (Fsp3) is 0.150. The van der Waals surface area contributed by atoms with Crippen molar-refractivity contribution in [3.63, 3.8) is 0 Å². The van der Waals surface area contributed by atoms with Crippen LogP contribution in [0.1, 0.15) is 21.6 Å². The minimum Gasteiger partial charge on any atom is -0.497 e. The third-order valence-electron chi connectivity index (χ3n) is 3.91. The molecule has 1 heterocycles. The molecule has 2 aromatic carbocycles. The normalized spacial score (nSPS) is 10.3. The van der Waals surface area contributed by atoms with Crippen molar-refractivity contribution in [1.29, 1.82) is 0 Å². The van der Waals surface area contributed by atoms with E-state index in [1.807, 2.05) is 24.3 Å². The van der Waals surface area contributed by atoms with Crippen molar-refractivity contribution in [3.05, 3.63) is 83.6 Å². The Hall–Kier alpha value is -3.48. The number of nitrogens with zero attached hydrogens (tertiary/aromatic N) is 2. The number of rotatable bonds is 7. The molecule has 0 saturated heterocycles. The lowest BCUT2D eigenvalue weighted by Gasteiger charge is -2.08. The van der Waals surface area contributed by atoms with Gasteiger partial charge in [-0.15, -0.1) is 0 Å². The Morgan fingerprint density at radius 2 is 1.81 bits per heavy atom. The first-order valence-electron chi connectivity index (χ1n) is 8.36. The van der Waals surface area contributed by atoms with Crippen molar-refractivity contribution in [3.8, 4) is 5.75 Å². The van der Waals surface area contributed by atoms with E-state index in [-0.39, 0.29) is 24.0 Å². The summed E-state index contributed by atoms with van der Waals surface area (Å²) in [6.07, 6.45) is 2.83. The molecule has 1 amide bonds. The zero-order valence-corrected chi connectivity index (χ0v) is 14.8. The van der Waals surface area contributed by atoms with Gasteiger partial charge in [0.2, 0.25) is 0 Å². The topological polar surface area (TPSA) is 76.1 Å². The Balaban J connectivity index is 1.52. The number of hydrogen-bond donors (Lipinski definition) is 2.